The van der Waals surface area contributed by atoms with Crippen LogP contribution in [0.25, 0.3) is 0 Å². The van der Waals surface area contributed by atoms with Crippen molar-refractivity contribution in [3.05, 3.63) is 54.1 Å². The number of amides is 1. The first kappa shape index (κ1) is 15.4. The van der Waals surface area contributed by atoms with Crippen LogP contribution < -0.4 is 14.8 Å². The first-order chi connectivity index (χ1) is 10.7. The average molecular weight is 296 g/mol. The molecule has 0 bridgehead atoms. The van der Waals surface area contributed by atoms with Crippen LogP contribution in [0.2, 0.25) is 0 Å². The van der Waals surface area contributed by atoms with Crippen LogP contribution in [0.4, 0.5) is 5.69 Å². The summed E-state index contributed by atoms with van der Waals surface area (Å²) in [4.78, 5) is 11.8. The van der Waals surface area contributed by atoms with Crippen molar-refractivity contribution in [1.82, 2.24) is 0 Å². The molecule has 0 radical (unpaired) electrons. The molecular formula is C17H16N2O3. The fraction of sp³-hybridized carbons (Fsp3) is 0.176. The van der Waals surface area contributed by atoms with Gasteiger partial charge < -0.3 is 14.8 Å². The van der Waals surface area contributed by atoms with Crippen molar-refractivity contribution >= 4 is 11.6 Å². The van der Waals surface area contributed by atoms with Crippen molar-refractivity contribution in [3.63, 3.8) is 0 Å². The largest absolute Gasteiger partial charge is 0.494 e. The fourth-order valence-corrected chi connectivity index (χ4v) is 1.80. The van der Waals surface area contributed by atoms with Crippen LogP contribution in [-0.2, 0) is 4.79 Å². The quantitative estimate of drug-likeness (QED) is 0.889. The van der Waals surface area contributed by atoms with Crippen molar-refractivity contribution in [1.29, 1.82) is 5.26 Å². The molecule has 5 nitrogen and oxygen atoms in total. The molecule has 1 amide bonds. The second kappa shape index (κ2) is 7.70. The molecule has 0 aliphatic heterocycles. The number of nitriles is 1. The maximum Gasteiger partial charge on any atom is 0.262 e. The van der Waals surface area contributed by atoms with Crippen molar-refractivity contribution in [2.75, 3.05) is 18.5 Å². The van der Waals surface area contributed by atoms with Gasteiger partial charge in [-0.1, -0.05) is 6.07 Å². The summed E-state index contributed by atoms with van der Waals surface area (Å²) in [6, 6.07) is 15.8. The lowest BCUT2D eigenvalue weighted by Gasteiger charge is -2.08. The van der Waals surface area contributed by atoms with Gasteiger partial charge in [0.15, 0.2) is 6.61 Å². The van der Waals surface area contributed by atoms with Crippen LogP contribution in [0.3, 0.4) is 0 Å². The van der Waals surface area contributed by atoms with Crippen molar-refractivity contribution < 1.29 is 14.3 Å². The minimum atomic E-state index is -0.272. The Balaban J connectivity index is 1.86. The van der Waals surface area contributed by atoms with Gasteiger partial charge in [0.1, 0.15) is 11.5 Å². The van der Waals surface area contributed by atoms with Gasteiger partial charge in [-0.05, 0) is 49.4 Å². The Morgan fingerprint density at radius 1 is 1.14 bits per heavy atom. The molecule has 112 valence electrons. The molecule has 0 spiro atoms. The van der Waals surface area contributed by atoms with Gasteiger partial charge in [-0.25, -0.2) is 0 Å². The van der Waals surface area contributed by atoms with Crippen LogP contribution >= 0.6 is 0 Å². The van der Waals surface area contributed by atoms with E-state index in [1.807, 2.05) is 13.0 Å². The summed E-state index contributed by atoms with van der Waals surface area (Å²) in [5.41, 5.74) is 1.16. The highest BCUT2D eigenvalue weighted by Crippen LogP contribution is 2.16. The summed E-state index contributed by atoms with van der Waals surface area (Å²) >= 11 is 0. The molecule has 0 aromatic heterocycles. The van der Waals surface area contributed by atoms with Gasteiger partial charge in [0, 0.05) is 5.69 Å². The number of rotatable bonds is 6. The monoisotopic (exact) mass is 296 g/mol. The Labute approximate surface area is 129 Å². The molecule has 0 saturated heterocycles. The summed E-state index contributed by atoms with van der Waals surface area (Å²) in [5.74, 6) is 0.970. The number of carbonyl (C=O) groups excluding carboxylic acids is 1. The predicted molar refractivity (Wildman–Crippen MR) is 82.9 cm³/mol. The van der Waals surface area contributed by atoms with Gasteiger partial charge in [-0.2, -0.15) is 5.26 Å². The summed E-state index contributed by atoms with van der Waals surface area (Å²) < 4.78 is 10.7. The van der Waals surface area contributed by atoms with E-state index in [0.29, 0.717) is 23.6 Å². The Morgan fingerprint density at radius 2 is 1.91 bits per heavy atom. The second-order valence-corrected chi connectivity index (χ2v) is 4.43. The van der Waals surface area contributed by atoms with E-state index < -0.39 is 0 Å². The van der Waals surface area contributed by atoms with E-state index in [9.17, 15) is 4.79 Å². The maximum atomic E-state index is 11.8. The SMILES string of the molecule is CCOc1ccc(NC(=O)COc2cccc(C#N)c2)cc1. The summed E-state index contributed by atoms with van der Waals surface area (Å²) in [6.45, 7) is 2.39. The minimum Gasteiger partial charge on any atom is -0.494 e. The molecule has 0 unspecified atom stereocenters. The topological polar surface area (TPSA) is 71.3 Å². The zero-order valence-electron chi connectivity index (χ0n) is 12.2. The molecule has 0 aliphatic rings. The number of hydrogen-bond acceptors (Lipinski definition) is 4. The van der Waals surface area contributed by atoms with Crippen LogP contribution in [-0.4, -0.2) is 19.1 Å². The summed E-state index contributed by atoms with van der Waals surface area (Å²) in [5, 5.41) is 11.5. The van der Waals surface area contributed by atoms with Gasteiger partial charge in [0.2, 0.25) is 0 Å². The first-order valence-corrected chi connectivity index (χ1v) is 6.87. The number of anilines is 1. The van der Waals surface area contributed by atoms with Gasteiger partial charge in [-0.3, -0.25) is 4.79 Å². The number of nitrogens with one attached hydrogen (secondary N) is 1. The highest BCUT2D eigenvalue weighted by Gasteiger charge is 2.04. The van der Waals surface area contributed by atoms with E-state index in [-0.39, 0.29) is 12.5 Å². The van der Waals surface area contributed by atoms with Gasteiger partial charge in [0.05, 0.1) is 18.2 Å². The number of hydrogen-bond donors (Lipinski definition) is 1. The van der Waals surface area contributed by atoms with E-state index in [4.69, 9.17) is 14.7 Å². The molecule has 2 rings (SSSR count). The Kier molecular flexibility index (Phi) is 5.38. The molecule has 0 fully saturated rings. The van der Waals surface area contributed by atoms with E-state index >= 15 is 0 Å². The molecule has 0 aliphatic carbocycles. The van der Waals surface area contributed by atoms with Crippen molar-refractivity contribution in [2.24, 2.45) is 0 Å². The lowest BCUT2D eigenvalue weighted by atomic mass is 10.2. The number of ether oxygens (including phenoxy) is 2. The predicted octanol–water partition coefficient (Wildman–Crippen LogP) is 2.97. The zero-order chi connectivity index (χ0) is 15.8. The Hall–Kier alpha value is -3.00. The molecule has 0 saturated carbocycles. The van der Waals surface area contributed by atoms with Gasteiger partial charge >= 0.3 is 0 Å². The van der Waals surface area contributed by atoms with Gasteiger partial charge in [-0.15, -0.1) is 0 Å². The normalized spacial score (nSPS) is 9.64. The Bertz CT molecular complexity index is 675. The average Bonchev–Trinajstić information content (AvgIpc) is 2.55. The standard InChI is InChI=1S/C17H16N2O3/c1-2-21-15-8-6-14(7-9-15)19-17(20)12-22-16-5-3-4-13(10-16)11-18/h3-10H,2,12H2,1H3,(H,19,20). The molecule has 0 heterocycles. The third kappa shape index (κ3) is 4.53. The highest BCUT2D eigenvalue weighted by atomic mass is 16.5. The molecule has 2 aromatic rings. The molecule has 2 aromatic carbocycles. The van der Waals surface area contributed by atoms with E-state index in [2.05, 4.69) is 5.32 Å². The molecule has 22 heavy (non-hydrogen) atoms. The van der Waals surface area contributed by atoms with E-state index in [1.165, 1.54) is 0 Å². The Morgan fingerprint density at radius 3 is 2.59 bits per heavy atom. The maximum absolute atomic E-state index is 11.8. The highest BCUT2D eigenvalue weighted by molar-refractivity contribution is 5.91. The lowest BCUT2D eigenvalue weighted by molar-refractivity contribution is -0.118. The molecule has 5 heteroatoms. The van der Waals surface area contributed by atoms with E-state index in [1.54, 1.807) is 48.5 Å². The van der Waals surface area contributed by atoms with Crippen molar-refractivity contribution in [3.8, 4) is 17.6 Å². The third-order valence-electron chi connectivity index (χ3n) is 2.78. The van der Waals surface area contributed by atoms with Crippen LogP contribution in [0.15, 0.2) is 48.5 Å². The molecular weight excluding hydrogens is 280 g/mol. The number of nitrogens with zero attached hydrogens (tertiary/aromatic N) is 1. The molecule has 0 atom stereocenters. The van der Waals surface area contributed by atoms with Crippen LogP contribution in [0, 0.1) is 11.3 Å². The van der Waals surface area contributed by atoms with Crippen LogP contribution in [0.1, 0.15) is 12.5 Å². The smallest absolute Gasteiger partial charge is 0.262 e. The summed E-state index contributed by atoms with van der Waals surface area (Å²) in [7, 11) is 0. The number of carbonyl (C=O) groups is 1. The third-order valence-corrected chi connectivity index (χ3v) is 2.78. The van der Waals surface area contributed by atoms with Gasteiger partial charge in [0.25, 0.3) is 5.91 Å². The van der Waals surface area contributed by atoms with Crippen LogP contribution in [0.5, 0.6) is 11.5 Å². The zero-order valence-corrected chi connectivity index (χ0v) is 12.2. The second-order valence-electron chi connectivity index (χ2n) is 4.43. The fourth-order valence-electron chi connectivity index (χ4n) is 1.80. The summed E-state index contributed by atoms with van der Waals surface area (Å²) in [6.07, 6.45) is 0. The van der Waals surface area contributed by atoms with Crippen molar-refractivity contribution in [2.45, 2.75) is 6.92 Å². The minimum absolute atomic E-state index is 0.123. The van der Waals surface area contributed by atoms with E-state index in [0.717, 1.165) is 5.75 Å². The molecule has 1 N–H and O–H groups in total. The lowest BCUT2D eigenvalue weighted by Crippen LogP contribution is -2.20. The number of benzene rings is 2. The first-order valence-electron chi connectivity index (χ1n) is 6.87.